The lowest BCUT2D eigenvalue weighted by Gasteiger charge is -2.25. The molecule has 0 amide bonds. The molecule has 0 fully saturated rings. The second kappa shape index (κ2) is 11.5. The van der Waals surface area contributed by atoms with E-state index >= 15 is 0 Å². The lowest BCUT2D eigenvalue weighted by molar-refractivity contribution is -0.143. The third kappa shape index (κ3) is 5.43. The number of ether oxygens (including phenoxy) is 4. The zero-order chi connectivity index (χ0) is 27.4. The molecule has 1 aromatic heterocycles. The Morgan fingerprint density at radius 1 is 1.13 bits per heavy atom. The molecule has 2 aromatic carbocycles. The van der Waals surface area contributed by atoms with Crippen molar-refractivity contribution in [3.8, 4) is 17.2 Å². The van der Waals surface area contributed by atoms with E-state index in [1.54, 1.807) is 76.0 Å². The quantitative estimate of drug-likeness (QED) is 0.307. The standard InChI is InChI=1S/C29H30N2O6S/c1-7-14-36-22-13-8-19(15-23(22)35-6)16-24-27(32)31-26(20-9-11-21(34-5)12-10-20)25(28(33)37-17(2)3)18(4)30-29(31)38-24/h7-13,15-17,26H,1,14H2,2-6H3/b24-16+. The van der Waals surface area contributed by atoms with Crippen molar-refractivity contribution in [1.29, 1.82) is 0 Å². The average Bonchev–Trinajstić information content (AvgIpc) is 3.20. The Balaban J connectivity index is 1.87. The molecule has 1 aliphatic rings. The molecule has 1 aliphatic heterocycles. The van der Waals surface area contributed by atoms with E-state index in [9.17, 15) is 9.59 Å². The maximum atomic E-state index is 13.8. The molecule has 0 aliphatic carbocycles. The van der Waals surface area contributed by atoms with Gasteiger partial charge in [-0.2, -0.15) is 0 Å². The number of benzene rings is 2. The van der Waals surface area contributed by atoms with Crippen molar-refractivity contribution >= 4 is 23.4 Å². The van der Waals surface area contributed by atoms with Gasteiger partial charge in [0.05, 0.1) is 42.2 Å². The molecule has 198 valence electrons. The van der Waals surface area contributed by atoms with E-state index in [2.05, 4.69) is 11.6 Å². The summed E-state index contributed by atoms with van der Waals surface area (Å²) in [4.78, 5) is 32.1. The maximum Gasteiger partial charge on any atom is 0.338 e. The summed E-state index contributed by atoms with van der Waals surface area (Å²) in [5, 5.41) is 0. The number of aromatic nitrogens is 1. The van der Waals surface area contributed by atoms with Crippen LogP contribution in [-0.2, 0) is 9.53 Å². The maximum absolute atomic E-state index is 13.8. The van der Waals surface area contributed by atoms with Gasteiger partial charge in [-0.25, -0.2) is 9.79 Å². The Morgan fingerprint density at radius 2 is 1.87 bits per heavy atom. The first-order valence-electron chi connectivity index (χ1n) is 12.1. The highest BCUT2D eigenvalue weighted by atomic mass is 32.1. The van der Waals surface area contributed by atoms with Crippen molar-refractivity contribution in [2.75, 3.05) is 20.8 Å². The molecule has 0 saturated heterocycles. The van der Waals surface area contributed by atoms with Gasteiger partial charge in [-0.1, -0.05) is 42.2 Å². The van der Waals surface area contributed by atoms with Gasteiger partial charge < -0.3 is 18.9 Å². The lowest BCUT2D eigenvalue weighted by Crippen LogP contribution is -2.40. The largest absolute Gasteiger partial charge is 0.497 e. The molecule has 1 atom stereocenters. The van der Waals surface area contributed by atoms with Crippen molar-refractivity contribution in [2.24, 2.45) is 4.99 Å². The van der Waals surface area contributed by atoms with Gasteiger partial charge in [0.25, 0.3) is 5.56 Å². The fraction of sp³-hybridized carbons (Fsp3) is 0.276. The lowest BCUT2D eigenvalue weighted by atomic mass is 9.96. The molecule has 38 heavy (non-hydrogen) atoms. The SMILES string of the molecule is C=CCOc1ccc(/C=c2/sc3n(c2=O)C(c2ccc(OC)cc2)C(C(=O)OC(C)C)=C(C)N=3)cc1OC. The summed E-state index contributed by atoms with van der Waals surface area (Å²) in [6, 6.07) is 12.0. The monoisotopic (exact) mass is 534 g/mol. The van der Waals surface area contributed by atoms with Crippen LogP contribution in [0.15, 0.2) is 76.2 Å². The zero-order valence-corrected chi connectivity index (χ0v) is 22.8. The Morgan fingerprint density at radius 3 is 2.50 bits per heavy atom. The van der Waals surface area contributed by atoms with Gasteiger partial charge in [0, 0.05) is 0 Å². The molecule has 3 aromatic rings. The van der Waals surface area contributed by atoms with Crippen LogP contribution in [0.25, 0.3) is 6.08 Å². The van der Waals surface area contributed by atoms with Gasteiger partial charge >= 0.3 is 5.97 Å². The fourth-order valence-electron chi connectivity index (χ4n) is 4.16. The summed E-state index contributed by atoms with van der Waals surface area (Å²) in [6.07, 6.45) is 3.11. The third-order valence-corrected chi connectivity index (χ3v) is 6.84. The van der Waals surface area contributed by atoms with E-state index in [-0.39, 0.29) is 11.7 Å². The number of carbonyl (C=O) groups excluding carboxylic acids is 1. The Kier molecular flexibility index (Phi) is 8.16. The van der Waals surface area contributed by atoms with Gasteiger partial charge in [-0.05, 0) is 62.2 Å². The van der Waals surface area contributed by atoms with Crippen molar-refractivity contribution in [2.45, 2.75) is 32.9 Å². The Hall–Kier alpha value is -4.11. The molecular formula is C29H30N2O6S. The molecular weight excluding hydrogens is 504 g/mol. The molecule has 9 heteroatoms. The van der Waals surface area contributed by atoms with Crippen LogP contribution in [0, 0.1) is 0 Å². The summed E-state index contributed by atoms with van der Waals surface area (Å²) in [5.41, 5.74) is 2.08. The number of nitrogens with zero attached hydrogens (tertiary/aromatic N) is 2. The normalized spacial score (nSPS) is 15.1. The van der Waals surface area contributed by atoms with Gasteiger partial charge in [-0.3, -0.25) is 9.36 Å². The molecule has 0 radical (unpaired) electrons. The summed E-state index contributed by atoms with van der Waals surface area (Å²) < 4.78 is 24.0. The molecule has 2 heterocycles. The van der Waals surface area contributed by atoms with E-state index < -0.39 is 12.0 Å². The number of methoxy groups -OCH3 is 2. The molecule has 0 N–H and O–H groups in total. The van der Waals surface area contributed by atoms with E-state index in [0.717, 1.165) is 11.1 Å². The molecule has 0 saturated carbocycles. The highest BCUT2D eigenvalue weighted by Crippen LogP contribution is 2.32. The van der Waals surface area contributed by atoms with Crippen LogP contribution in [0.1, 0.15) is 37.9 Å². The van der Waals surface area contributed by atoms with Crippen LogP contribution in [0.3, 0.4) is 0 Å². The van der Waals surface area contributed by atoms with Gasteiger partial charge in [-0.15, -0.1) is 0 Å². The van der Waals surface area contributed by atoms with Crippen molar-refractivity contribution in [3.05, 3.63) is 97.2 Å². The molecule has 4 rings (SSSR count). The number of allylic oxidation sites excluding steroid dienone is 1. The first-order chi connectivity index (χ1) is 18.3. The van der Waals surface area contributed by atoms with Crippen LogP contribution in [0.2, 0.25) is 0 Å². The number of esters is 1. The fourth-order valence-corrected chi connectivity index (χ4v) is 5.20. The van der Waals surface area contributed by atoms with Gasteiger partial charge in [0.2, 0.25) is 0 Å². The summed E-state index contributed by atoms with van der Waals surface area (Å²) in [6.45, 7) is 9.34. The number of hydrogen-bond donors (Lipinski definition) is 0. The smallest absolute Gasteiger partial charge is 0.338 e. The number of fused-ring (bicyclic) bond motifs is 1. The average molecular weight is 535 g/mol. The Bertz CT molecular complexity index is 1560. The number of rotatable bonds is 9. The predicted octanol–water partition coefficient (Wildman–Crippen LogP) is 3.77. The van der Waals surface area contributed by atoms with Gasteiger partial charge in [0.1, 0.15) is 12.4 Å². The summed E-state index contributed by atoms with van der Waals surface area (Å²) in [5.74, 6) is 1.28. The zero-order valence-electron chi connectivity index (χ0n) is 22.0. The molecule has 0 spiro atoms. The van der Waals surface area contributed by atoms with E-state index in [4.69, 9.17) is 18.9 Å². The van der Waals surface area contributed by atoms with Crippen molar-refractivity contribution in [1.82, 2.24) is 4.57 Å². The van der Waals surface area contributed by atoms with Crippen LogP contribution in [0.4, 0.5) is 0 Å². The van der Waals surface area contributed by atoms with Crippen LogP contribution >= 0.6 is 11.3 Å². The van der Waals surface area contributed by atoms with Crippen LogP contribution in [-0.4, -0.2) is 37.5 Å². The van der Waals surface area contributed by atoms with Crippen LogP contribution < -0.4 is 29.1 Å². The van der Waals surface area contributed by atoms with Crippen molar-refractivity contribution in [3.63, 3.8) is 0 Å². The number of hydrogen-bond acceptors (Lipinski definition) is 8. The predicted molar refractivity (Wildman–Crippen MR) is 147 cm³/mol. The van der Waals surface area contributed by atoms with Gasteiger partial charge in [0.15, 0.2) is 16.3 Å². The third-order valence-electron chi connectivity index (χ3n) is 5.86. The van der Waals surface area contributed by atoms with E-state index in [0.29, 0.717) is 44.5 Å². The van der Waals surface area contributed by atoms with E-state index in [1.165, 1.54) is 11.3 Å². The minimum atomic E-state index is -0.699. The minimum absolute atomic E-state index is 0.261. The number of thiazole rings is 1. The van der Waals surface area contributed by atoms with Crippen LogP contribution in [0.5, 0.6) is 17.2 Å². The Labute approximate surface area is 224 Å². The first-order valence-corrected chi connectivity index (χ1v) is 12.9. The van der Waals surface area contributed by atoms with E-state index in [1.807, 2.05) is 18.2 Å². The second-order valence-corrected chi connectivity index (χ2v) is 9.83. The first kappa shape index (κ1) is 26.9. The summed E-state index contributed by atoms with van der Waals surface area (Å²) >= 11 is 1.26. The molecule has 8 nitrogen and oxygen atoms in total. The highest BCUT2D eigenvalue weighted by Gasteiger charge is 2.33. The number of carbonyl (C=O) groups is 1. The van der Waals surface area contributed by atoms with Crippen molar-refractivity contribution < 1.29 is 23.7 Å². The molecule has 0 bridgehead atoms. The highest BCUT2D eigenvalue weighted by molar-refractivity contribution is 7.07. The second-order valence-electron chi connectivity index (χ2n) is 8.82. The molecule has 1 unspecified atom stereocenters. The summed E-state index contributed by atoms with van der Waals surface area (Å²) in [7, 11) is 3.14. The minimum Gasteiger partial charge on any atom is -0.497 e. The topological polar surface area (TPSA) is 88.4 Å².